The van der Waals surface area contributed by atoms with Gasteiger partial charge in [-0.15, -0.1) is 0 Å². The Morgan fingerprint density at radius 1 is 1.12 bits per heavy atom. The molecule has 3 amide bonds. The number of nitrogens with two attached hydrogens (primary N) is 2. The lowest BCUT2D eigenvalue weighted by atomic mass is 10.00. The second-order valence-corrected chi connectivity index (χ2v) is 9.56. The smallest absolute Gasteiger partial charge is 0.273 e. The Bertz CT molecular complexity index is 1590. The van der Waals surface area contributed by atoms with Gasteiger partial charge in [0.2, 0.25) is 5.91 Å². The highest BCUT2D eigenvalue weighted by Gasteiger charge is 2.36. The molecule has 0 radical (unpaired) electrons. The molecule has 0 saturated carbocycles. The minimum absolute atomic E-state index is 0.0409. The SMILES string of the molecule is COCCNC(=O)[C@@H](c1ccc2ncccc2c1)N(C(=O)c1snc(C(N)=O)c1N)c1ccc2c(c1)OCCO2. The van der Waals surface area contributed by atoms with Crippen molar-refractivity contribution in [2.45, 2.75) is 6.04 Å². The Hall–Kier alpha value is -4.75. The number of primary amides is 1. The van der Waals surface area contributed by atoms with Gasteiger partial charge in [0.05, 0.1) is 17.8 Å². The number of anilines is 2. The van der Waals surface area contributed by atoms with Crippen LogP contribution in [0.25, 0.3) is 10.9 Å². The number of nitrogens with zero attached hydrogens (tertiary/aromatic N) is 3. The number of nitrogens with one attached hydrogen (secondary N) is 1. The van der Waals surface area contributed by atoms with Crippen LogP contribution >= 0.6 is 11.5 Å². The van der Waals surface area contributed by atoms with E-state index in [0.717, 1.165) is 22.4 Å². The van der Waals surface area contributed by atoms with Crippen molar-refractivity contribution in [3.8, 4) is 11.5 Å². The number of pyridine rings is 1. The van der Waals surface area contributed by atoms with Gasteiger partial charge in [-0.25, -0.2) is 0 Å². The zero-order valence-electron chi connectivity index (χ0n) is 21.5. The average Bonchev–Trinajstić information content (AvgIpc) is 3.36. The van der Waals surface area contributed by atoms with Crippen molar-refractivity contribution in [1.29, 1.82) is 0 Å². The predicted octanol–water partition coefficient (Wildman–Crippen LogP) is 2.29. The number of carbonyl (C=O) groups is 3. The van der Waals surface area contributed by atoms with Crippen molar-refractivity contribution >= 4 is 51.5 Å². The molecule has 3 heterocycles. The van der Waals surface area contributed by atoms with Gasteiger partial charge in [0.25, 0.3) is 11.8 Å². The second-order valence-electron chi connectivity index (χ2n) is 8.78. The van der Waals surface area contributed by atoms with E-state index in [0.29, 0.717) is 36.0 Å². The summed E-state index contributed by atoms with van der Waals surface area (Å²) in [6.07, 6.45) is 1.67. The van der Waals surface area contributed by atoms with Crippen LogP contribution < -0.4 is 31.2 Å². The van der Waals surface area contributed by atoms with E-state index in [9.17, 15) is 14.4 Å². The van der Waals surface area contributed by atoms with Gasteiger partial charge in [0.1, 0.15) is 24.1 Å². The average molecular weight is 563 g/mol. The summed E-state index contributed by atoms with van der Waals surface area (Å²) in [4.78, 5) is 45.6. The van der Waals surface area contributed by atoms with Gasteiger partial charge in [-0.1, -0.05) is 12.1 Å². The quantitative estimate of drug-likeness (QED) is 0.259. The van der Waals surface area contributed by atoms with Crippen LogP contribution in [0.4, 0.5) is 11.4 Å². The normalized spacial score (nSPS) is 13.0. The van der Waals surface area contributed by atoms with Crippen LogP contribution in [0.1, 0.15) is 31.8 Å². The highest BCUT2D eigenvalue weighted by Crippen LogP contribution is 2.39. The predicted molar refractivity (Wildman–Crippen MR) is 149 cm³/mol. The number of nitrogen functional groups attached to an aromatic ring is 1. The molecule has 0 fully saturated rings. The second kappa shape index (κ2) is 11.6. The summed E-state index contributed by atoms with van der Waals surface area (Å²) in [7, 11) is 1.52. The minimum atomic E-state index is -1.17. The van der Waals surface area contributed by atoms with Crippen molar-refractivity contribution in [1.82, 2.24) is 14.7 Å². The summed E-state index contributed by atoms with van der Waals surface area (Å²) in [6, 6.07) is 12.7. The molecular weight excluding hydrogens is 536 g/mol. The van der Waals surface area contributed by atoms with E-state index >= 15 is 0 Å². The van der Waals surface area contributed by atoms with Crippen LogP contribution in [-0.2, 0) is 9.53 Å². The number of methoxy groups -OCH3 is 1. The summed E-state index contributed by atoms with van der Waals surface area (Å²) in [5.41, 5.74) is 12.7. The summed E-state index contributed by atoms with van der Waals surface area (Å²) in [5.74, 6) is -1.07. The number of ether oxygens (including phenoxy) is 3. The van der Waals surface area contributed by atoms with Crippen LogP contribution in [0.5, 0.6) is 11.5 Å². The fourth-order valence-electron chi connectivity index (χ4n) is 4.36. The third-order valence-corrected chi connectivity index (χ3v) is 7.08. The molecule has 1 aliphatic rings. The van der Waals surface area contributed by atoms with Gasteiger partial charge in [-0.05, 0) is 47.4 Å². The van der Waals surface area contributed by atoms with E-state index in [4.69, 9.17) is 25.7 Å². The number of hydrogen-bond donors (Lipinski definition) is 3. The Morgan fingerprint density at radius 3 is 2.67 bits per heavy atom. The third kappa shape index (κ3) is 5.24. The Labute approximate surface area is 233 Å². The van der Waals surface area contributed by atoms with Gasteiger partial charge in [0, 0.05) is 37.0 Å². The summed E-state index contributed by atoms with van der Waals surface area (Å²) in [5, 5.41) is 3.62. The lowest BCUT2D eigenvalue weighted by molar-refractivity contribution is -0.122. The largest absolute Gasteiger partial charge is 0.486 e. The highest BCUT2D eigenvalue weighted by molar-refractivity contribution is 7.09. The van der Waals surface area contributed by atoms with Crippen molar-refractivity contribution in [2.24, 2.45) is 5.73 Å². The minimum Gasteiger partial charge on any atom is -0.486 e. The molecule has 0 aliphatic carbocycles. The van der Waals surface area contributed by atoms with E-state index in [1.54, 1.807) is 48.7 Å². The molecule has 1 aliphatic heterocycles. The van der Waals surface area contributed by atoms with Crippen LogP contribution in [0.3, 0.4) is 0 Å². The first-order chi connectivity index (χ1) is 19.4. The van der Waals surface area contributed by atoms with Gasteiger partial charge < -0.3 is 31.0 Å². The van der Waals surface area contributed by atoms with E-state index in [1.165, 1.54) is 12.0 Å². The standard InChI is InChI=1S/C27H26N6O6S/c1-37-10-9-31-26(35)23(16-4-6-18-15(13-16)3-2-8-30-18)33(17-5-7-19-20(14-17)39-12-11-38-19)27(36)24-21(28)22(25(29)34)32-40-24/h2-8,13-14,23H,9-12,28H2,1H3,(H2,29,34)(H,31,35)/t23-/m1/s1. The van der Waals surface area contributed by atoms with Crippen LogP contribution in [0.15, 0.2) is 54.7 Å². The number of aromatic nitrogens is 2. The van der Waals surface area contributed by atoms with Gasteiger partial charge in [-0.2, -0.15) is 4.37 Å². The maximum atomic E-state index is 14.3. The van der Waals surface area contributed by atoms with Crippen molar-refractivity contribution in [3.05, 3.63) is 70.9 Å². The first-order valence-electron chi connectivity index (χ1n) is 12.3. The number of hydrogen-bond acceptors (Lipinski definition) is 10. The Morgan fingerprint density at radius 2 is 1.93 bits per heavy atom. The molecule has 206 valence electrons. The molecule has 5 N–H and O–H groups in total. The first-order valence-corrected chi connectivity index (χ1v) is 13.1. The molecule has 0 unspecified atom stereocenters. The summed E-state index contributed by atoms with van der Waals surface area (Å²) >= 11 is 0.728. The first kappa shape index (κ1) is 26.8. The highest BCUT2D eigenvalue weighted by atomic mass is 32.1. The van der Waals surface area contributed by atoms with E-state index in [2.05, 4.69) is 14.7 Å². The third-order valence-electron chi connectivity index (χ3n) is 6.23. The summed E-state index contributed by atoms with van der Waals surface area (Å²) < 4.78 is 20.5. The Balaban J connectivity index is 1.68. The van der Waals surface area contributed by atoms with Crippen molar-refractivity contribution in [3.63, 3.8) is 0 Å². The lowest BCUT2D eigenvalue weighted by Gasteiger charge is -2.32. The monoisotopic (exact) mass is 562 g/mol. The number of rotatable bonds is 9. The maximum absolute atomic E-state index is 14.3. The Kier molecular flexibility index (Phi) is 7.75. The molecule has 13 heteroatoms. The molecule has 0 saturated heterocycles. The van der Waals surface area contributed by atoms with Crippen LogP contribution in [0, 0.1) is 0 Å². The molecule has 1 atom stereocenters. The molecule has 40 heavy (non-hydrogen) atoms. The van der Waals surface area contributed by atoms with Crippen molar-refractivity contribution < 1.29 is 28.6 Å². The van der Waals surface area contributed by atoms with Crippen LogP contribution in [-0.4, -0.2) is 60.6 Å². The molecule has 0 bridgehead atoms. The van der Waals surface area contributed by atoms with Crippen molar-refractivity contribution in [2.75, 3.05) is 44.1 Å². The zero-order chi connectivity index (χ0) is 28.2. The topological polar surface area (TPSA) is 172 Å². The number of fused-ring (bicyclic) bond motifs is 2. The molecule has 2 aromatic carbocycles. The molecule has 12 nitrogen and oxygen atoms in total. The molecule has 4 aromatic rings. The van der Waals surface area contributed by atoms with E-state index < -0.39 is 23.8 Å². The fraction of sp³-hybridized carbons (Fsp3) is 0.222. The molecule has 5 rings (SSSR count). The lowest BCUT2D eigenvalue weighted by Crippen LogP contribution is -2.44. The van der Waals surface area contributed by atoms with Gasteiger partial charge in [0.15, 0.2) is 17.2 Å². The van der Waals surface area contributed by atoms with Gasteiger partial charge >= 0.3 is 0 Å². The molecule has 2 aromatic heterocycles. The van der Waals surface area contributed by atoms with E-state index in [1.807, 2.05) is 6.07 Å². The maximum Gasteiger partial charge on any atom is 0.273 e. The van der Waals surface area contributed by atoms with Gasteiger partial charge in [-0.3, -0.25) is 24.3 Å². The van der Waals surface area contributed by atoms with Crippen LogP contribution in [0.2, 0.25) is 0 Å². The molecule has 0 spiro atoms. The molecular formula is C27H26N6O6S. The summed E-state index contributed by atoms with van der Waals surface area (Å²) in [6.45, 7) is 1.19. The number of amides is 3. The zero-order valence-corrected chi connectivity index (χ0v) is 22.3. The number of benzene rings is 2. The fourth-order valence-corrected chi connectivity index (χ4v) is 5.10. The van der Waals surface area contributed by atoms with E-state index in [-0.39, 0.29) is 29.4 Å². The number of carbonyl (C=O) groups excluding carboxylic acids is 3.